The van der Waals surface area contributed by atoms with Crippen LogP contribution in [0.5, 0.6) is 0 Å². The van der Waals surface area contributed by atoms with Crippen LogP contribution >= 0.6 is 0 Å². The summed E-state index contributed by atoms with van der Waals surface area (Å²) in [6.45, 7) is -1.38. The Bertz CT molecular complexity index is 425. The van der Waals surface area contributed by atoms with E-state index in [1.54, 1.807) is 0 Å². The van der Waals surface area contributed by atoms with Crippen molar-refractivity contribution in [3.8, 4) is 0 Å². The standard InChI is InChI=1S/C12H16F6N2O2/c13-11(14,15)6-19-5-3-8(10(19)22)20-4-1-2-7(20)9(21)12(16,17)18/h7-9,21H,1-6H2/t7-,8+,9+/m0/s1. The Morgan fingerprint density at radius 3 is 2.32 bits per heavy atom. The molecule has 0 aromatic rings. The number of aliphatic hydroxyl groups excluding tert-OH is 1. The van der Waals surface area contributed by atoms with Crippen molar-refractivity contribution in [2.24, 2.45) is 0 Å². The highest BCUT2D eigenvalue weighted by atomic mass is 19.4. The van der Waals surface area contributed by atoms with Gasteiger partial charge >= 0.3 is 12.4 Å². The molecule has 0 aromatic carbocycles. The van der Waals surface area contributed by atoms with E-state index >= 15 is 0 Å². The molecule has 2 saturated heterocycles. The molecule has 1 N–H and O–H groups in total. The second-order valence-corrected chi connectivity index (χ2v) is 5.61. The molecule has 2 heterocycles. The smallest absolute Gasteiger partial charge is 0.382 e. The molecule has 0 radical (unpaired) electrons. The minimum absolute atomic E-state index is 0.0377. The monoisotopic (exact) mass is 334 g/mol. The number of aliphatic hydroxyl groups is 1. The van der Waals surface area contributed by atoms with E-state index < -0.39 is 43.0 Å². The third kappa shape index (κ3) is 3.65. The van der Waals surface area contributed by atoms with Crippen molar-refractivity contribution in [3.05, 3.63) is 0 Å². The summed E-state index contributed by atoms with van der Waals surface area (Å²) in [6.07, 6.45) is -11.5. The van der Waals surface area contributed by atoms with Gasteiger partial charge in [-0.1, -0.05) is 0 Å². The SMILES string of the molecule is O=C1[C@H](N2CCC[C@H]2[C@@H](O)C(F)(F)F)CCN1CC(F)(F)F. The number of hydrogen-bond donors (Lipinski definition) is 1. The Morgan fingerprint density at radius 2 is 1.77 bits per heavy atom. The number of carbonyl (C=O) groups excluding carboxylic acids is 1. The van der Waals surface area contributed by atoms with Gasteiger partial charge in [-0.15, -0.1) is 0 Å². The summed E-state index contributed by atoms with van der Waals surface area (Å²) >= 11 is 0. The number of likely N-dealkylation sites (tertiary alicyclic amines) is 2. The number of nitrogens with zero attached hydrogens (tertiary/aromatic N) is 2. The third-order valence-corrected chi connectivity index (χ3v) is 4.08. The fourth-order valence-electron chi connectivity index (χ4n) is 3.16. The molecule has 1 amide bonds. The number of amides is 1. The highest BCUT2D eigenvalue weighted by Crippen LogP contribution is 2.34. The molecule has 0 aliphatic carbocycles. The normalized spacial score (nSPS) is 29.4. The Labute approximate surface area is 122 Å². The molecule has 0 bridgehead atoms. The quantitative estimate of drug-likeness (QED) is 0.797. The lowest BCUT2D eigenvalue weighted by molar-refractivity contribution is -0.220. The zero-order valence-corrected chi connectivity index (χ0v) is 11.5. The topological polar surface area (TPSA) is 43.8 Å². The van der Waals surface area contributed by atoms with Crippen LogP contribution in [0.3, 0.4) is 0 Å². The summed E-state index contributed by atoms with van der Waals surface area (Å²) in [7, 11) is 0. The van der Waals surface area contributed by atoms with E-state index in [-0.39, 0.29) is 25.9 Å². The van der Waals surface area contributed by atoms with Crippen molar-refractivity contribution in [2.45, 2.75) is 49.8 Å². The van der Waals surface area contributed by atoms with Gasteiger partial charge < -0.3 is 10.0 Å². The van der Waals surface area contributed by atoms with Crippen LogP contribution < -0.4 is 0 Å². The van der Waals surface area contributed by atoms with Crippen LogP contribution in [0.2, 0.25) is 0 Å². The van der Waals surface area contributed by atoms with Crippen molar-refractivity contribution in [1.29, 1.82) is 0 Å². The van der Waals surface area contributed by atoms with Crippen molar-refractivity contribution in [3.63, 3.8) is 0 Å². The lowest BCUT2D eigenvalue weighted by Crippen LogP contribution is -2.53. The summed E-state index contributed by atoms with van der Waals surface area (Å²) in [6, 6.07) is -2.30. The summed E-state index contributed by atoms with van der Waals surface area (Å²) in [5.41, 5.74) is 0. The highest BCUT2D eigenvalue weighted by Gasteiger charge is 2.51. The summed E-state index contributed by atoms with van der Waals surface area (Å²) < 4.78 is 75.0. The van der Waals surface area contributed by atoms with Crippen molar-refractivity contribution < 1.29 is 36.2 Å². The first-order valence-corrected chi connectivity index (χ1v) is 6.87. The summed E-state index contributed by atoms with van der Waals surface area (Å²) in [4.78, 5) is 13.8. The number of hydrogen-bond acceptors (Lipinski definition) is 3. The van der Waals surface area contributed by atoms with Crippen LogP contribution in [0.15, 0.2) is 0 Å². The third-order valence-electron chi connectivity index (χ3n) is 4.08. The molecule has 2 aliphatic heterocycles. The first-order valence-electron chi connectivity index (χ1n) is 6.87. The number of halogens is 6. The Balaban J connectivity index is 2.07. The number of rotatable bonds is 3. The number of carbonyl (C=O) groups is 1. The van der Waals surface area contributed by atoms with E-state index in [0.717, 1.165) is 0 Å². The molecule has 0 unspecified atom stereocenters. The van der Waals surface area contributed by atoms with E-state index in [0.29, 0.717) is 11.3 Å². The lowest BCUT2D eigenvalue weighted by atomic mass is 10.1. The second kappa shape index (κ2) is 5.88. The lowest BCUT2D eigenvalue weighted by Gasteiger charge is -2.33. The molecule has 2 aliphatic rings. The van der Waals surface area contributed by atoms with Crippen molar-refractivity contribution in [2.75, 3.05) is 19.6 Å². The maximum Gasteiger partial charge on any atom is 0.415 e. The van der Waals surface area contributed by atoms with E-state index in [1.807, 2.05) is 0 Å². The molecule has 0 spiro atoms. The Morgan fingerprint density at radius 1 is 1.14 bits per heavy atom. The van der Waals surface area contributed by atoms with E-state index in [2.05, 4.69) is 0 Å². The molecule has 2 fully saturated rings. The molecule has 4 nitrogen and oxygen atoms in total. The van der Waals surface area contributed by atoms with Gasteiger partial charge in [-0.3, -0.25) is 9.69 Å². The van der Waals surface area contributed by atoms with Crippen LogP contribution in [0.25, 0.3) is 0 Å². The maximum absolute atomic E-state index is 12.6. The minimum Gasteiger partial charge on any atom is -0.382 e. The molecule has 10 heteroatoms. The van der Waals surface area contributed by atoms with Gasteiger partial charge in [-0.25, -0.2) is 0 Å². The van der Waals surface area contributed by atoms with Gasteiger partial charge in [0, 0.05) is 12.6 Å². The van der Waals surface area contributed by atoms with Crippen LogP contribution in [0.4, 0.5) is 26.3 Å². The van der Waals surface area contributed by atoms with Gasteiger partial charge in [-0.05, 0) is 25.8 Å². The zero-order chi connectivity index (χ0) is 16.7. The predicted molar refractivity (Wildman–Crippen MR) is 62.8 cm³/mol. The average Bonchev–Trinajstić information content (AvgIpc) is 2.93. The molecule has 3 atom stereocenters. The first-order chi connectivity index (χ1) is 10.0. The van der Waals surface area contributed by atoms with Crippen LogP contribution in [-0.2, 0) is 4.79 Å². The fourth-order valence-corrected chi connectivity index (χ4v) is 3.16. The van der Waals surface area contributed by atoms with Gasteiger partial charge in [0.1, 0.15) is 6.54 Å². The minimum atomic E-state index is -4.82. The molecular weight excluding hydrogens is 318 g/mol. The van der Waals surface area contributed by atoms with E-state index in [1.165, 1.54) is 4.90 Å². The van der Waals surface area contributed by atoms with Gasteiger partial charge in [0.2, 0.25) is 5.91 Å². The first kappa shape index (κ1) is 17.3. The van der Waals surface area contributed by atoms with Gasteiger partial charge in [0.05, 0.1) is 6.04 Å². The van der Waals surface area contributed by atoms with Crippen molar-refractivity contribution >= 4 is 5.91 Å². The van der Waals surface area contributed by atoms with E-state index in [9.17, 15) is 36.2 Å². The maximum atomic E-state index is 12.6. The van der Waals surface area contributed by atoms with Gasteiger partial charge in [0.25, 0.3) is 0 Å². The van der Waals surface area contributed by atoms with E-state index in [4.69, 9.17) is 0 Å². The predicted octanol–water partition coefficient (Wildman–Crippen LogP) is 1.54. The van der Waals surface area contributed by atoms with Crippen molar-refractivity contribution in [1.82, 2.24) is 9.80 Å². The average molecular weight is 334 g/mol. The summed E-state index contributed by atoms with van der Waals surface area (Å²) in [5, 5.41) is 9.38. The second-order valence-electron chi connectivity index (χ2n) is 5.61. The molecule has 128 valence electrons. The largest absolute Gasteiger partial charge is 0.415 e. The Kier molecular flexibility index (Phi) is 4.63. The zero-order valence-electron chi connectivity index (χ0n) is 11.5. The fraction of sp³-hybridized carbons (Fsp3) is 0.917. The van der Waals surface area contributed by atoms with Gasteiger partial charge in [-0.2, -0.15) is 26.3 Å². The van der Waals surface area contributed by atoms with Crippen LogP contribution in [0.1, 0.15) is 19.3 Å². The molecule has 22 heavy (non-hydrogen) atoms. The molecule has 0 aromatic heterocycles. The highest BCUT2D eigenvalue weighted by molar-refractivity contribution is 5.84. The molecule has 0 saturated carbocycles. The number of alkyl halides is 6. The van der Waals surface area contributed by atoms with Crippen LogP contribution in [0, 0.1) is 0 Å². The Hall–Kier alpha value is -1.03. The molecule has 2 rings (SSSR count). The van der Waals surface area contributed by atoms with Gasteiger partial charge in [0.15, 0.2) is 6.10 Å². The molecular formula is C12H16F6N2O2. The summed E-state index contributed by atoms with van der Waals surface area (Å²) in [5.74, 6) is -0.821. The van der Waals surface area contributed by atoms with Crippen LogP contribution in [-0.4, -0.2) is 71.0 Å².